The van der Waals surface area contributed by atoms with Crippen LogP contribution in [0.4, 0.5) is 0 Å². The van der Waals surface area contributed by atoms with E-state index in [2.05, 4.69) is 26.0 Å². The van der Waals surface area contributed by atoms with Gasteiger partial charge >= 0.3 is 0 Å². The molecule has 2 aliphatic heterocycles. The van der Waals surface area contributed by atoms with Gasteiger partial charge in [0, 0.05) is 31.2 Å². The number of carbonyl (C=O) groups excluding carboxylic acids is 2. The molecular weight excluding hydrogens is 312 g/mol. The SMILES string of the molecule is CC(C)N1CCCC2(CCN(C(=O)c3ccc4c(c3)CCC4)C2)C1=O. The third-order valence-corrected chi connectivity index (χ3v) is 6.38. The van der Waals surface area contributed by atoms with Gasteiger partial charge in [-0.3, -0.25) is 9.59 Å². The topological polar surface area (TPSA) is 40.6 Å². The van der Waals surface area contributed by atoms with Crippen LogP contribution in [0.25, 0.3) is 0 Å². The Hall–Kier alpha value is -1.84. The first-order chi connectivity index (χ1) is 12.0. The van der Waals surface area contributed by atoms with Crippen LogP contribution in [0.1, 0.15) is 61.0 Å². The molecule has 2 heterocycles. The van der Waals surface area contributed by atoms with Gasteiger partial charge in [-0.1, -0.05) is 6.07 Å². The van der Waals surface area contributed by atoms with Crippen molar-refractivity contribution in [1.29, 1.82) is 0 Å². The molecule has 134 valence electrons. The van der Waals surface area contributed by atoms with Gasteiger partial charge in [0.05, 0.1) is 5.41 Å². The van der Waals surface area contributed by atoms with Gasteiger partial charge in [0.25, 0.3) is 5.91 Å². The normalized spacial score (nSPS) is 26.0. The van der Waals surface area contributed by atoms with Crippen LogP contribution in [0, 0.1) is 5.41 Å². The second-order valence-corrected chi connectivity index (χ2v) is 8.29. The third kappa shape index (κ3) is 2.76. The van der Waals surface area contributed by atoms with Crippen LogP contribution in [0.15, 0.2) is 18.2 Å². The molecule has 4 heteroatoms. The molecule has 1 aromatic carbocycles. The summed E-state index contributed by atoms with van der Waals surface area (Å²) >= 11 is 0. The maximum absolute atomic E-state index is 13.0. The number of rotatable bonds is 2. The highest BCUT2D eigenvalue weighted by molar-refractivity contribution is 5.96. The molecule has 0 aromatic heterocycles. The Morgan fingerprint density at radius 3 is 2.68 bits per heavy atom. The van der Waals surface area contributed by atoms with E-state index >= 15 is 0 Å². The summed E-state index contributed by atoms with van der Waals surface area (Å²) in [5, 5.41) is 0. The molecule has 1 spiro atoms. The second-order valence-electron chi connectivity index (χ2n) is 8.29. The van der Waals surface area contributed by atoms with Crippen molar-refractivity contribution >= 4 is 11.8 Å². The fraction of sp³-hybridized carbons (Fsp3) is 0.619. The van der Waals surface area contributed by atoms with Crippen molar-refractivity contribution < 1.29 is 9.59 Å². The van der Waals surface area contributed by atoms with E-state index in [9.17, 15) is 9.59 Å². The third-order valence-electron chi connectivity index (χ3n) is 6.38. The number of piperidine rings is 1. The van der Waals surface area contributed by atoms with Gasteiger partial charge in [-0.15, -0.1) is 0 Å². The minimum Gasteiger partial charge on any atom is -0.340 e. The van der Waals surface area contributed by atoms with Gasteiger partial charge in [-0.2, -0.15) is 0 Å². The van der Waals surface area contributed by atoms with Crippen molar-refractivity contribution in [2.45, 2.75) is 58.4 Å². The smallest absolute Gasteiger partial charge is 0.253 e. The molecule has 4 rings (SSSR count). The molecule has 0 radical (unpaired) electrons. The molecule has 1 unspecified atom stereocenters. The van der Waals surface area contributed by atoms with Crippen LogP contribution in [-0.2, 0) is 17.6 Å². The van der Waals surface area contributed by atoms with Crippen molar-refractivity contribution in [1.82, 2.24) is 9.80 Å². The quantitative estimate of drug-likeness (QED) is 0.830. The van der Waals surface area contributed by atoms with Crippen LogP contribution in [0.5, 0.6) is 0 Å². The number of aryl methyl sites for hydroxylation is 2. The molecule has 2 fully saturated rings. The van der Waals surface area contributed by atoms with Gasteiger partial charge < -0.3 is 9.80 Å². The molecule has 1 aromatic rings. The lowest BCUT2D eigenvalue weighted by Gasteiger charge is -2.41. The van der Waals surface area contributed by atoms with Gasteiger partial charge in [-0.25, -0.2) is 0 Å². The molecule has 2 saturated heterocycles. The standard InChI is InChI=1S/C21H28N2O2/c1-15(2)23-11-4-9-21(20(23)25)10-12-22(14-21)19(24)18-8-7-16-5-3-6-17(16)13-18/h7-8,13,15H,3-6,9-12,14H2,1-2H3. The molecule has 4 nitrogen and oxygen atoms in total. The number of fused-ring (bicyclic) bond motifs is 1. The lowest BCUT2D eigenvalue weighted by atomic mass is 9.78. The van der Waals surface area contributed by atoms with Crippen molar-refractivity contribution in [3.8, 4) is 0 Å². The van der Waals surface area contributed by atoms with E-state index in [1.54, 1.807) is 0 Å². The predicted octanol–water partition coefficient (Wildman–Crippen LogP) is 3.04. The lowest BCUT2D eigenvalue weighted by Crippen LogP contribution is -2.52. The Morgan fingerprint density at radius 1 is 1.08 bits per heavy atom. The Kier molecular flexibility index (Phi) is 4.09. The molecular formula is C21H28N2O2. The highest BCUT2D eigenvalue weighted by Crippen LogP contribution is 2.41. The molecule has 0 bridgehead atoms. The fourth-order valence-electron chi connectivity index (χ4n) is 4.91. The van der Waals surface area contributed by atoms with Crippen LogP contribution in [0.3, 0.4) is 0 Å². The zero-order valence-corrected chi connectivity index (χ0v) is 15.4. The highest BCUT2D eigenvalue weighted by atomic mass is 16.2. The Balaban J connectivity index is 1.52. The summed E-state index contributed by atoms with van der Waals surface area (Å²) in [6, 6.07) is 6.42. The largest absolute Gasteiger partial charge is 0.340 e. The van der Waals surface area contributed by atoms with E-state index in [0.717, 1.165) is 44.2 Å². The van der Waals surface area contributed by atoms with Crippen molar-refractivity contribution in [3.05, 3.63) is 34.9 Å². The van der Waals surface area contributed by atoms with Crippen LogP contribution in [0.2, 0.25) is 0 Å². The second kappa shape index (κ2) is 6.15. The summed E-state index contributed by atoms with van der Waals surface area (Å²) < 4.78 is 0. The molecule has 1 aliphatic carbocycles. The van der Waals surface area contributed by atoms with Crippen molar-refractivity contribution in [2.24, 2.45) is 5.41 Å². The minimum atomic E-state index is -0.338. The molecule has 25 heavy (non-hydrogen) atoms. The number of likely N-dealkylation sites (tertiary alicyclic amines) is 2. The van der Waals surface area contributed by atoms with E-state index in [1.165, 1.54) is 17.5 Å². The van der Waals surface area contributed by atoms with E-state index in [-0.39, 0.29) is 23.3 Å². The Morgan fingerprint density at radius 2 is 1.88 bits per heavy atom. The summed E-state index contributed by atoms with van der Waals surface area (Å²) in [7, 11) is 0. The first-order valence-electron chi connectivity index (χ1n) is 9.72. The predicted molar refractivity (Wildman–Crippen MR) is 97.5 cm³/mol. The number of carbonyl (C=O) groups is 2. The average molecular weight is 340 g/mol. The number of hydrogen-bond acceptors (Lipinski definition) is 2. The minimum absolute atomic E-state index is 0.0982. The van der Waals surface area contributed by atoms with E-state index in [0.29, 0.717) is 13.1 Å². The first-order valence-corrected chi connectivity index (χ1v) is 9.72. The Labute approximate surface area is 150 Å². The summed E-state index contributed by atoms with van der Waals surface area (Å²) in [6.07, 6.45) is 6.19. The highest BCUT2D eigenvalue weighted by Gasteiger charge is 2.49. The summed E-state index contributed by atoms with van der Waals surface area (Å²) in [5.74, 6) is 0.360. The van der Waals surface area contributed by atoms with Crippen LogP contribution < -0.4 is 0 Å². The molecule has 0 N–H and O–H groups in total. The number of amides is 2. The molecule has 3 aliphatic rings. The summed E-state index contributed by atoms with van der Waals surface area (Å²) in [5.41, 5.74) is 3.18. The zero-order valence-electron chi connectivity index (χ0n) is 15.4. The first kappa shape index (κ1) is 16.6. The van der Waals surface area contributed by atoms with Gasteiger partial charge in [-0.05, 0) is 75.6 Å². The van der Waals surface area contributed by atoms with Crippen molar-refractivity contribution in [3.63, 3.8) is 0 Å². The monoisotopic (exact) mass is 340 g/mol. The van der Waals surface area contributed by atoms with E-state index < -0.39 is 0 Å². The van der Waals surface area contributed by atoms with E-state index in [4.69, 9.17) is 0 Å². The molecule has 1 atom stereocenters. The average Bonchev–Trinajstić information content (AvgIpc) is 3.23. The maximum Gasteiger partial charge on any atom is 0.253 e. The number of benzene rings is 1. The van der Waals surface area contributed by atoms with Crippen LogP contribution in [-0.4, -0.2) is 47.3 Å². The van der Waals surface area contributed by atoms with Crippen LogP contribution >= 0.6 is 0 Å². The van der Waals surface area contributed by atoms with Gasteiger partial charge in [0.2, 0.25) is 5.91 Å². The number of nitrogens with zero attached hydrogens (tertiary/aromatic N) is 2. The lowest BCUT2D eigenvalue weighted by molar-refractivity contribution is -0.147. The maximum atomic E-state index is 13.0. The fourth-order valence-corrected chi connectivity index (χ4v) is 4.91. The molecule has 2 amide bonds. The van der Waals surface area contributed by atoms with Gasteiger partial charge in [0.1, 0.15) is 0 Å². The van der Waals surface area contributed by atoms with Gasteiger partial charge in [0.15, 0.2) is 0 Å². The summed E-state index contributed by atoms with van der Waals surface area (Å²) in [6.45, 7) is 6.31. The zero-order chi connectivity index (χ0) is 17.6. The van der Waals surface area contributed by atoms with Crippen molar-refractivity contribution in [2.75, 3.05) is 19.6 Å². The summed E-state index contributed by atoms with van der Waals surface area (Å²) in [4.78, 5) is 30.0. The number of hydrogen-bond donors (Lipinski definition) is 0. The Bertz CT molecular complexity index is 712. The van der Waals surface area contributed by atoms with E-state index in [1.807, 2.05) is 15.9 Å². The molecule has 0 saturated carbocycles.